The predicted molar refractivity (Wildman–Crippen MR) is 77.9 cm³/mol. The maximum absolute atomic E-state index is 11.7. The van der Waals surface area contributed by atoms with Crippen LogP contribution in [-0.4, -0.2) is 11.9 Å². The summed E-state index contributed by atoms with van der Waals surface area (Å²) in [7, 11) is 0. The van der Waals surface area contributed by atoms with Gasteiger partial charge in [-0.2, -0.15) is 0 Å². The molecule has 0 fully saturated rings. The van der Waals surface area contributed by atoms with Gasteiger partial charge in [-0.15, -0.1) is 0 Å². The largest absolute Gasteiger partial charge is 0.350 e. The normalized spacial score (nSPS) is 13.0. The molecule has 98 valence electrons. The first-order valence-corrected chi connectivity index (χ1v) is 6.60. The maximum atomic E-state index is 11.7. The lowest BCUT2D eigenvalue weighted by molar-refractivity contribution is -0.117. The maximum Gasteiger partial charge on any atom is 0.244 e. The summed E-state index contributed by atoms with van der Waals surface area (Å²) in [6.07, 6.45) is 3.08. The summed E-state index contributed by atoms with van der Waals surface area (Å²) in [5.74, 6) is 0.249. The van der Waals surface area contributed by atoms with E-state index in [1.807, 2.05) is 6.92 Å². The van der Waals surface area contributed by atoms with Crippen molar-refractivity contribution >= 4 is 35.2 Å². The Morgan fingerprint density at radius 1 is 1.22 bits per heavy atom. The van der Waals surface area contributed by atoms with Gasteiger partial charge in [0, 0.05) is 27.7 Å². The zero-order valence-electron chi connectivity index (χ0n) is 10.7. The Morgan fingerprint density at radius 3 is 2.28 bits per heavy atom. The summed E-state index contributed by atoms with van der Waals surface area (Å²) in [4.78, 5) is 11.7. The van der Waals surface area contributed by atoms with E-state index in [-0.39, 0.29) is 11.9 Å². The zero-order chi connectivity index (χ0) is 13.7. The van der Waals surface area contributed by atoms with Crippen LogP contribution in [0.1, 0.15) is 26.3 Å². The lowest BCUT2D eigenvalue weighted by atomic mass is 10.1. The Morgan fingerprint density at radius 2 is 1.78 bits per heavy atom. The molecule has 1 unspecified atom stereocenters. The molecule has 4 heteroatoms. The Balaban J connectivity index is 2.72. The summed E-state index contributed by atoms with van der Waals surface area (Å²) in [5, 5.41) is 3.94. The van der Waals surface area contributed by atoms with Crippen molar-refractivity contribution in [3.05, 3.63) is 39.9 Å². The van der Waals surface area contributed by atoms with Crippen molar-refractivity contribution in [2.24, 2.45) is 5.92 Å². The molecule has 0 aromatic heterocycles. The number of benzene rings is 1. The minimum absolute atomic E-state index is 0.129. The fourth-order valence-electron chi connectivity index (χ4n) is 1.27. The van der Waals surface area contributed by atoms with E-state index in [0.29, 0.717) is 21.5 Å². The van der Waals surface area contributed by atoms with Crippen LogP contribution in [0.3, 0.4) is 0 Å². The average molecular weight is 286 g/mol. The lowest BCUT2D eigenvalue weighted by Crippen LogP contribution is -2.34. The molecule has 0 saturated heterocycles. The Hall–Kier alpha value is -0.990. The highest BCUT2D eigenvalue weighted by Gasteiger charge is 2.08. The third-order valence-corrected chi connectivity index (χ3v) is 3.43. The van der Waals surface area contributed by atoms with Gasteiger partial charge >= 0.3 is 0 Å². The summed E-state index contributed by atoms with van der Waals surface area (Å²) in [5.41, 5.74) is 0.660. The number of halogens is 2. The van der Waals surface area contributed by atoms with Crippen molar-refractivity contribution in [1.29, 1.82) is 0 Å². The van der Waals surface area contributed by atoms with Gasteiger partial charge < -0.3 is 5.32 Å². The van der Waals surface area contributed by atoms with Gasteiger partial charge in [-0.1, -0.05) is 43.1 Å². The topological polar surface area (TPSA) is 29.1 Å². The molecule has 0 saturated carbocycles. The van der Waals surface area contributed by atoms with Crippen LogP contribution in [0.15, 0.2) is 24.3 Å². The fraction of sp³-hybridized carbons (Fsp3) is 0.357. The van der Waals surface area contributed by atoms with E-state index in [4.69, 9.17) is 23.2 Å². The number of carbonyl (C=O) groups excluding carboxylic acids is 1. The molecule has 0 aliphatic heterocycles. The third-order valence-electron chi connectivity index (χ3n) is 2.77. The second-order valence-corrected chi connectivity index (χ2v) is 5.32. The molecular formula is C14H17Cl2NO. The van der Waals surface area contributed by atoms with Crippen LogP contribution in [-0.2, 0) is 4.79 Å². The molecule has 1 aromatic carbocycles. The molecule has 0 radical (unpaired) electrons. The molecule has 1 amide bonds. The van der Waals surface area contributed by atoms with Gasteiger partial charge in [0.2, 0.25) is 5.91 Å². The molecule has 0 aliphatic rings. The Labute approximate surface area is 118 Å². The van der Waals surface area contributed by atoms with Gasteiger partial charge in [-0.05, 0) is 31.1 Å². The standard InChI is InChI=1S/C14H17Cl2NO/c1-9(2)10(3)17-14(18)8-7-11-12(15)5-4-6-13(11)16/h4-10H,1-3H3,(H,17,18)/b8-7+. The van der Waals surface area contributed by atoms with E-state index in [1.54, 1.807) is 24.3 Å². The van der Waals surface area contributed by atoms with E-state index >= 15 is 0 Å². The van der Waals surface area contributed by atoms with Gasteiger partial charge in [-0.25, -0.2) is 0 Å². The van der Waals surface area contributed by atoms with Gasteiger partial charge in [0.15, 0.2) is 0 Å². The summed E-state index contributed by atoms with van der Waals surface area (Å²) in [6, 6.07) is 5.37. The van der Waals surface area contributed by atoms with E-state index in [9.17, 15) is 4.79 Å². The average Bonchev–Trinajstić information content (AvgIpc) is 2.28. The van der Waals surface area contributed by atoms with Crippen LogP contribution in [0.4, 0.5) is 0 Å². The van der Waals surface area contributed by atoms with Crippen molar-refractivity contribution < 1.29 is 4.79 Å². The van der Waals surface area contributed by atoms with Gasteiger partial charge in [0.25, 0.3) is 0 Å². The zero-order valence-corrected chi connectivity index (χ0v) is 12.2. The first kappa shape index (κ1) is 15.1. The van der Waals surface area contributed by atoms with E-state index in [2.05, 4.69) is 19.2 Å². The monoisotopic (exact) mass is 285 g/mol. The smallest absolute Gasteiger partial charge is 0.244 e. The number of carbonyl (C=O) groups is 1. The second-order valence-electron chi connectivity index (χ2n) is 4.51. The molecule has 1 aromatic rings. The van der Waals surface area contributed by atoms with Crippen LogP contribution in [0.25, 0.3) is 6.08 Å². The predicted octanol–water partition coefficient (Wildman–Crippen LogP) is 4.17. The van der Waals surface area contributed by atoms with Crippen LogP contribution >= 0.6 is 23.2 Å². The van der Waals surface area contributed by atoms with Crippen LogP contribution in [0.5, 0.6) is 0 Å². The van der Waals surface area contributed by atoms with Gasteiger partial charge in [0.05, 0.1) is 0 Å². The van der Waals surface area contributed by atoms with Gasteiger partial charge in [-0.3, -0.25) is 4.79 Å². The first-order valence-electron chi connectivity index (χ1n) is 5.84. The molecule has 0 spiro atoms. The highest BCUT2D eigenvalue weighted by molar-refractivity contribution is 6.37. The van der Waals surface area contributed by atoms with E-state index in [0.717, 1.165) is 0 Å². The minimum Gasteiger partial charge on any atom is -0.350 e. The molecule has 0 bridgehead atoms. The molecule has 0 heterocycles. The molecule has 2 nitrogen and oxygen atoms in total. The highest BCUT2D eigenvalue weighted by atomic mass is 35.5. The van der Waals surface area contributed by atoms with Crippen molar-refractivity contribution in [2.45, 2.75) is 26.8 Å². The van der Waals surface area contributed by atoms with Crippen molar-refractivity contribution in [2.75, 3.05) is 0 Å². The fourth-order valence-corrected chi connectivity index (χ4v) is 1.79. The highest BCUT2D eigenvalue weighted by Crippen LogP contribution is 2.25. The molecule has 1 rings (SSSR count). The van der Waals surface area contributed by atoms with E-state index in [1.165, 1.54) is 6.08 Å². The van der Waals surface area contributed by atoms with Crippen molar-refractivity contribution in [3.8, 4) is 0 Å². The van der Waals surface area contributed by atoms with E-state index < -0.39 is 0 Å². The molecule has 0 aliphatic carbocycles. The number of hydrogen-bond acceptors (Lipinski definition) is 1. The Bertz CT molecular complexity index is 435. The van der Waals surface area contributed by atoms with Crippen molar-refractivity contribution in [1.82, 2.24) is 5.32 Å². The number of nitrogens with one attached hydrogen (secondary N) is 1. The number of rotatable bonds is 4. The SMILES string of the molecule is CC(C)C(C)NC(=O)/C=C/c1c(Cl)cccc1Cl. The van der Waals surface area contributed by atoms with Crippen LogP contribution < -0.4 is 5.32 Å². The third kappa shape index (κ3) is 4.35. The molecular weight excluding hydrogens is 269 g/mol. The number of amides is 1. The Kier molecular flexibility index (Phi) is 5.70. The summed E-state index contributed by atoms with van der Waals surface area (Å²) in [6.45, 7) is 6.08. The summed E-state index contributed by atoms with van der Waals surface area (Å²) < 4.78 is 0. The molecule has 1 N–H and O–H groups in total. The quantitative estimate of drug-likeness (QED) is 0.827. The first-order chi connectivity index (χ1) is 8.41. The van der Waals surface area contributed by atoms with Crippen molar-refractivity contribution in [3.63, 3.8) is 0 Å². The minimum atomic E-state index is -0.146. The molecule has 1 atom stereocenters. The van der Waals surface area contributed by atoms with Gasteiger partial charge in [0.1, 0.15) is 0 Å². The second kappa shape index (κ2) is 6.81. The van der Waals surface area contributed by atoms with Crippen LogP contribution in [0.2, 0.25) is 10.0 Å². The molecule has 18 heavy (non-hydrogen) atoms. The van der Waals surface area contributed by atoms with Crippen LogP contribution in [0, 0.1) is 5.92 Å². The lowest BCUT2D eigenvalue weighted by Gasteiger charge is -2.15. The summed E-state index contributed by atoms with van der Waals surface area (Å²) >= 11 is 12.0. The number of hydrogen-bond donors (Lipinski definition) is 1.